The summed E-state index contributed by atoms with van der Waals surface area (Å²) < 4.78 is 12.1. The van der Waals surface area contributed by atoms with Gasteiger partial charge in [0.15, 0.2) is 5.78 Å². The molecule has 0 spiro atoms. The molecule has 1 amide bonds. The van der Waals surface area contributed by atoms with E-state index in [-0.39, 0.29) is 18.1 Å². The fourth-order valence-electron chi connectivity index (χ4n) is 3.50. The van der Waals surface area contributed by atoms with Gasteiger partial charge in [0.2, 0.25) is 0 Å². The van der Waals surface area contributed by atoms with Crippen molar-refractivity contribution >= 4 is 22.7 Å². The molecular formula is C27H26N2O4. The molecule has 0 aliphatic rings. The average Bonchev–Trinajstić information content (AvgIpc) is 3.24. The van der Waals surface area contributed by atoms with Crippen molar-refractivity contribution in [1.29, 1.82) is 0 Å². The van der Waals surface area contributed by atoms with Crippen LogP contribution >= 0.6 is 0 Å². The van der Waals surface area contributed by atoms with Gasteiger partial charge in [-0.2, -0.15) is 0 Å². The normalized spacial score (nSPS) is 10.9. The second-order valence-electron chi connectivity index (χ2n) is 8.21. The highest BCUT2D eigenvalue weighted by atomic mass is 16.5. The van der Waals surface area contributed by atoms with Crippen LogP contribution in [-0.4, -0.2) is 35.7 Å². The van der Waals surface area contributed by atoms with Gasteiger partial charge in [-0.15, -0.1) is 0 Å². The smallest absolute Gasteiger partial charge is 0.253 e. The molecule has 2 aromatic carbocycles. The monoisotopic (exact) mass is 442 g/mol. The third-order valence-electron chi connectivity index (χ3n) is 5.37. The quantitative estimate of drug-likeness (QED) is 0.348. The number of amides is 1. The molecule has 0 radical (unpaired) electrons. The minimum absolute atomic E-state index is 0.0699. The lowest BCUT2D eigenvalue weighted by atomic mass is 10.0. The van der Waals surface area contributed by atoms with Crippen molar-refractivity contribution in [2.45, 2.75) is 26.7 Å². The number of fused-ring (bicyclic) bond motifs is 1. The van der Waals surface area contributed by atoms with Gasteiger partial charge < -0.3 is 14.1 Å². The molecule has 0 unspecified atom stereocenters. The Bertz CT molecular complexity index is 1300. The summed E-state index contributed by atoms with van der Waals surface area (Å²) in [6.45, 7) is 3.97. The maximum absolute atomic E-state index is 13.0. The summed E-state index contributed by atoms with van der Waals surface area (Å²) in [6, 6.07) is 16.2. The van der Waals surface area contributed by atoms with Crippen LogP contribution in [0, 0.1) is 6.92 Å². The summed E-state index contributed by atoms with van der Waals surface area (Å²) in [5, 5.41) is 0.797. The van der Waals surface area contributed by atoms with Crippen LogP contribution in [0.4, 0.5) is 0 Å². The van der Waals surface area contributed by atoms with E-state index in [9.17, 15) is 9.59 Å². The first kappa shape index (κ1) is 22.3. The minimum atomic E-state index is -0.0799. The molecule has 0 aliphatic carbocycles. The van der Waals surface area contributed by atoms with E-state index in [1.54, 1.807) is 56.7 Å². The van der Waals surface area contributed by atoms with Crippen LogP contribution in [0.5, 0.6) is 11.5 Å². The molecule has 0 atom stereocenters. The predicted molar refractivity (Wildman–Crippen MR) is 127 cm³/mol. The second kappa shape index (κ2) is 9.28. The summed E-state index contributed by atoms with van der Waals surface area (Å²) in [4.78, 5) is 31.0. The van der Waals surface area contributed by atoms with Gasteiger partial charge in [-0.3, -0.25) is 14.6 Å². The van der Waals surface area contributed by atoms with Crippen molar-refractivity contribution < 1.29 is 18.7 Å². The van der Waals surface area contributed by atoms with E-state index in [1.807, 2.05) is 32.0 Å². The number of furan rings is 1. The predicted octanol–water partition coefficient (Wildman–Crippen LogP) is 5.62. The molecule has 4 rings (SSSR count). The van der Waals surface area contributed by atoms with E-state index < -0.39 is 0 Å². The van der Waals surface area contributed by atoms with Gasteiger partial charge >= 0.3 is 0 Å². The third kappa shape index (κ3) is 4.95. The van der Waals surface area contributed by atoms with Crippen molar-refractivity contribution in [3.8, 4) is 11.5 Å². The fourth-order valence-corrected chi connectivity index (χ4v) is 3.50. The summed E-state index contributed by atoms with van der Waals surface area (Å²) >= 11 is 0. The van der Waals surface area contributed by atoms with Crippen molar-refractivity contribution in [1.82, 2.24) is 9.88 Å². The van der Waals surface area contributed by atoms with Crippen LogP contribution in [-0.2, 0) is 12.8 Å². The molecule has 0 aliphatic heterocycles. The van der Waals surface area contributed by atoms with Crippen LogP contribution in [0.1, 0.15) is 44.7 Å². The van der Waals surface area contributed by atoms with Crippen molar-refractivity contribution in [3.63, 3.8) is 0 Å². The maximum atomic E-state index is 13.0. The zero-order chi connectivity index (χ0) is 23.5. The Kier molecular flexibility index (Phi) is 6.27. The molecule has 168 valence electrons. The van der Waals surface area contributed by atoms with E-state index in [1.165, 1.54) is 4.90 Å². The number of hydrogen-bond acceptors (Lipinski definition) is 5. The van der Waals surface area contributed by atoms with E-state index >= 15 is 0 Å². The van der Waals surface area contributed by atoms with Crippen LogP contribution in [0.2, 0.25) is 0 Å². The molecule has 0 saturated heterocycles. The topological polar surface area (TPSA) is 72.6 Å². The molecule has 0 N–H and O–H groups in total. The lowest BCUT2D eigenvalue weighted by Crippen LogP contribution is -2.21. The maximum Gasteiger partial charge on any atom is 0.253 e. The first-order valence-electron chi connectivity index (χ1n) is 10.8. The molecule has 0 bridgehead atoms. The molecule has 2 aromatic heterocycles. The first-order valence-corrected chi connectivity index (χ1v) is 10.8. The zero-order valence-electron chi connectivity index (χ0n) is 19.2. The number of aromatic nitrogens is 1. The number of aryl methyl sites for hydroxylation is 2. The number of carbonyl (C=O) groups excluding carboxylic acids is 2. The van der Waals surface area contributed by atoms with Gasteiger partial charge in [0.05, 0.1) is 11.8 Å². The summed E-state index contributed by atoms with van der Waals surface area (Å²) in [5.74, 6) is 1.76. The number of rotatable bonds is 7. The zero-order valence-corrected chi connectivity index (χ0v) is 19.2. The van der Waals surface area contributed by atoms with Crippen molar-refractivity contribution in [3.05, 3.63) is 88.9 Å². The molecule has 0 fully saturated rings. The van der Waals surface area contributed by atoms with Crippen LogP contribution < -0.4 is 4.74 Å². The van der Waals surface area contributed by atoms with E-state index in [0.29, 0.717) is 33.9 Å². The first-order chi connectivity index (χ1) is 15.8. The van der Waals surface area contributed by atoms with Gasteiger partial charge in [-0.1, -0.05) is 13.0 Å². The van der Waals surface area contributed by atoms with Crippen LogP contribution in [0.15, 0.2) is 65.2 Å². The third-order valence-corrected chi connectivity index (χ3v) is 5.37. The molecule has 6 heteroatoms. The lowest BCUT2D eigenvalue weighted by Gasteiger charge is -2.12. The highest BCUT2D eigenvalue weighted by Crippen LogP contribution is 2.34. The number of pyridine rings is 1. The largest absolute Gasteiger partial charge is 0.461 e. The standard InChI is InChI=1S/C27H26N2O4/c1-5-21-15-23-25(32-21)12-19(24(30)14-20-9-6-17(2)16-28-20)13-26(23)33-22-10-7-18(8-11-22)27(31)29(3)4/h6-13,15-16H,5,14H2,1-4H3. The van der Waals surface area contributed by atoms with E-state index in [0.717, 1.165) is 23.1 Å². The summed E-state index contributed by atoms with van der Waals surface area (Å²) in [5.41, 5.74) is 3.43. The Labute approximate surface area is 192 Å². The second-order valence-corrected chi connectivity index (χ2v) is 8.21. The van der Waals surface area contributed by atoms with Gasteiger partial charge in [0, 0.05) is 43.5 Å². The molecule has 2 heterocycles. The number of hydrogen-bond donors (Lipinski definition) is 0. The summed E-state index contributed by atoms with van der Waals surface area (Å²) in [6.07, 6.45) is 2.67. The Morgan fingerprint density at radius 1 is 1.00 bits per heavy atom. The van der Waals surface area contributed by atoms with E-state index in [2.05, 4.69) is 4.98 Å². The van der Waals surface area contributed by atoms with Crippen LogP contribution in [0.25, 0.3) is 11.0 Å². The average molecular weight is 443 g/mol. The Morgan fingerprint density at radius 2 is 1.76 bits per heavy atom. The molecule has 4 aromatic rings. The van der Waals surface area contributed by atoms with Gasteiger partial charge in [-0.05, 0) is 61.0 Å². The Morgan fingerprint density at radius 3 is 2.39 bits per heavy atom. The Hall–Kier alpha value is -3.93. The fraction of sp³-hybridized carbons (Fsp3) is 0.222. The number of benzene rings is 2. The van der Waals surface area contributed by atoms with Crippen LogP contribution in [0.3, 0.4) is 0 Å². The van der Waals surface area contributed by atoms with Crippen molar-refractivity contribution in [2.75, 3.05) is 14.1 Å². The van der Waals surface area contributed by atoms with Gasteiger partial charge in [0.1, 0.15) is 22.8 Å². The molecule has 0 saturated carbocycles. The number of ketones is 1. The number of ether oxygens (including phenoxy) is 1. The summed E-state index contributed by atoms with van der Waals surface area (Å²) in [7, 11) is 3.42. The number of nitrogens with zero attached hydrogens (tertiary/aromatic N) is 2. The number of carbonyl (C=O) groups is 2. The van der Waals surface area contributed by atoms with Crippen molar-refractivity contribution in [2.24, 2.45) is 0 Å². The number of Topliss-reactive ketones (excluding diaryl/α,β-unsaturated/α-hetero) is 1. The molecule has 33 heavy (non-hydrogen) atoms. The molecule has 6 nitrogen and oxygen atoms in total. The minimum Gasteiger partial charge on any atom is -0.461 e. The lowest BCUT2D eigenvalue weighted by molar-refractivity contribution is 0.0827. The highest BCUT2D eigenvalue weighted by Gasteiger charge is 2.17. The van der Waals surface area contributed by atoms with Gasteiger partial charge in [-0.25, -0.2) is 0 Å². The van der Waals surface area contributed by atoms with Gasteiger partial charge in [0.25, 0.3) is 5.91 Å². The highest BCUT2D eigenvalue weighted by molar-refractivity contribution is 6.02. The molecular weight excluding hydrogens is 416 g/mol. The SMILES string of the molecule is CCc1cc2c(Oc3ccc(C(=O)N(C)C)cc3)cc(C(=O)Cc3ccc(C)cn3)cc2o1. The Balaban J connectivity index is 1.66. The van der Waals surface area contributed by atoms with E-state index in [4.69, 9.17) is 9.15 Å².